The third-order valence-electron chi connectivity index (χ3n) is 2.69. The summed E-state index contributed by atoms with van der Waals surface area (Å²) >= 11 is 5.89. The lowest BCUT2D eigenvalue weighted by atomic mass is 10.1. The van der Waals surface area contributed by atoms with Crippen molar-refractivity contribution in [2.75, 3.05) is 5.32 Å². The van der Waals surface area contributed by atoms with Crippen molar-refractivity contribution < 1.29 is 4.52 Å². The lowest BCUT2D eigenvalue weighted by molar-refractivity contribution is 0.392. The normalized spacial score (nSPS) is 12.4. The SMILES string of the molecule is Cc1noc(C)c1C(C)Nc1cn[nH]c(=O)c1Cl. The van der Waals surface area contributed by atoms with Gasteiger partial charge in [0.05, 0.1) is 23.6 Å². The first-order valence-electron chi connectivity index (χ1n) is 5.43. The van der Waals surface area contributed by atoms with Crippen molar-refractivity contribution in [2.45, 2.75) is 26.8 Å². The molecule has 2 aromatic heterocycles. The van der Waals surface area contributed by atoms with Gasteiger partial charge in [-0.3, -0.25) is 4.79 Å². The number of nitrogens with zero attached hydrogens (tertiary/aromatic N) is 2. The van der Waals surface area contributed by atoms with Gasteiger partial charge in [0.15, 0.2) is 0 Å². The fourth-order valence-corrected chi connectivity index (χ4v) is 2.04. The molecule has 0 saturated carbocycles. The minimum absolute atomic E-state index is 0.0858. The van der Waals surface area contributed by atoms with Crippen LogP contribution in [-0.4, -0.2) is 15.4 Å². The van der Waals surface area contributed by atoms with Gasteiger partial charge in [0, 0.05) is 5.56 Å². The van der Waals surface area contributed by atoms with Gasteiger partial charge in [-0.25, -0.2) is 5.10 Å². The quantitative estimate of drug-likeness (QED) is 0.891. The Balaban J connectivity index is 2.30. The van der Waals surface area contributed by atoms with Gasteiger partial charge in [-0.15, -0.1) is 0 Å². The number of hydrogen-bond donors (Lipinski definition) is 2. The molecule has 0 amide bonds. The zero-order valence-electron chi connectivity index (χ0n) is 10.2. The zero-order valence-corrected chi connectivity index (χ0v) is 11.0. The molecule has 1 atom stereocenters. The molecule has 7 heteroatoms. The number of rotatable bonds is 3. The average Bonchev–Trinajstić information content (AvgIpc) is 2.65. The predicted octanol–water partition coefficient (Wildman–Crippen LogP) is 2.20. The summed E-state index contributed by atoms with van der Waals surface area (Å²) in [5.41, 5.74) is 1.81. The molecule has 2 heterocycles. The standard InChI is InChI=1S/C11H13ClN4O2/c1-5(9-6(2)16-18-7(9)3)14-8-4-13-15-11(17)10(8)12/h4-5H,1-3H3,(H2,14,15,17). The molecule has 0 bridgehead atoms. The molecule has 2 aromatic rings. The Bertz CT molecular complexity index is 600. The van der Waals surface area contributed by atoms with E-state index < -0.39 is 5.56 Å². The number of halogens is 1. The van der Waals surface area contributed by atoms with Crippen LogP contribution < -0.4 is 10.9 Å². The fraction of sp³-hybridized carbons (Fsp3) is 0.364. The topological polar surface area (TPSA) is 83.8 Å². The first kappa shape index (κ1) is 12.6. The van der Waals surface area contributed by atoms with Crippen LogP contribution in [0.2, 0.25) is 5.02 Å². The number of hydrogen-bond acceptors (Lipinski definition) is 5. The maximum atomic E-state index is 11.3. The molecular formula is C11H13ClN4O2. The number of aryl methyl sites for hydroxylation is 2. The molecule has 0 spiro atoms. The van der Waals surface area contributed by atoms with Gasteiger partial charge in [-0.1, -0.05) is 16.8 Å². The molecule has 96 valence electrons. The summed E-state index contributed by atoms with van der Waals surface area (Å²) in [5.74, 6) is 0.737. The van der Waals surface area contributed by atoms with Crippen LogP contribution in [-0.2, 0) is 0 Å². The highest BCUT2D eigenvalue weighted by Gasteiger charge is 2.17. The van der Waals surface area contributed by atoms with Crippen molar-refractivity contribution in [3.63, 3.8) is 0 Å². The summed E-state index contributed by atoms with van der Waals surface area (Å²) in [6.07, 6.45) is 1.47. The number of aromatic nitrogens is 3. The molecule has 2 rings (SSSR count). The second kappa shape index (κ2) is 4.81. The fourth-order valence-electron chi connectivity index (χ4n) is 1.90. The Morgan fingerprint density at radius 1 is 1.50 bits per heavy atom. The minimum Gasteiger partial charge on any atom is -0.376 e. The van der Waals surface area contributed by atoms with Crippen LogP contribution in [0.4, 0.5) is 5.69 Å². The molecule has 0 aliphatic carbocycles. The maximum Gasteiger partial charge on any atom is 0.285 e. The molecule has 0 radical (unpaired) electrons. The van der Waals surface area contributed by atoms with Crippen molar-refractivity contribution in [1.29, 1.82) is 0 Å². The molecule has 0 fully saturated rings. The second-order valence-corrected chi connectivity index (χ2v) is 4.41. The van der Waals surface area contributed by atoms with E-state index >= 15 is 0 Å². The molecule has 0 aliphatic heterocycles. The van der Waals surface area contributed by atoms with Crippen LogP contribution in [0.3, 0.4) is 0 Å². The number of nitrogens with one attached hydrogen (secondary N) is 2. The van der Waals surface area contributed by atoms with Crippen LogP contribution in [0.5, 0.6) is 0 Å². The van der Waals surface area contributed by atoms with Crippen molar-refractivity contribution in [3.05, 3.63) is 38.6 Å². The van der Waals surface area contributed by atoms with E-state index in [1.165, 1.54) is 6.20 Å². The Morgan fingerprint density at radius 3 is 2.83 bits per heavy atom. The summed E-state index contributed by atoms with van der Waals surface area (Å²) in [6.45, 7) is 5.64. The number of aromatic amines is 1. The van der Waals surface area contributed by atoms with Gasteiger partial charge in [-0.2, -0.15) is 5.10 Å². The van der Waals surface area contributed by atoms with Gasteiger partial charge in [0.25, 0.3) is 5.56 Å². The third kappa shape index (κ3) is 2.24. The zero-order chi connectivity index (χ0) is 13.3. The highest BCUT2D eigenvalue weighted by Crippen LogP contribution is 2.26. The molecule has 0 saturated heterocycles. The van der Waals surface area contributed by atoms with Crippen LogP contribution in [0.25, 0.3) is 0 Å². The van der Waals surface area contributed by atoms with Crippen molar-refractivity contribution in [2.24, 2.45) is 0 Å². The smallest absolute Gasteiger partial charge is 0.285 e. The van der Waals surface area contributed by atoms with E-state index in [1.54, 1.807) is 0 Å². The molecular weight excluding hydrogens is 256 g/mol. The Morgan fingerprint density at radius 2 is 2.22 bits per heavy atom. The van der Waals surface area contributed by atoms with Crippen molar-refractivity contribution in [3.8, 4) is 0 Å². The Labute approximate surface area is 108 Å². The van der Waals surface area contributed by atoms with Gasteiger partial charge < -0.3 is 9.84 Å². The van der Waals surface area contributed by atoms with Gasteiger partial charge in [-0.05, 0) is 20.8 Å². The summed E-state index contributed by atoms with van der Waals surface area (Å²) in [7, 11) is 0. The first-order valence-corrected chi connectivity index (χ1v) is 5.81. The van der Waals surface area contributed by atoms with Crippen molar-refractivity contribution in [1.82, 2.24) is 15.4 Å². The molecule has 1 unspecified atom stereocenters. The van der Waals surface area contributed by atoms with E-state index in [1.807, 2.05) is 20.8 Å². The van der Waals surface area contributed by atoms with Crippen LogP contribution in [0.15, 0.2) is 15.5 Å². The van der Waals surface area contributed by atoms with E-state index in [2.05, 4.69) is 20.7 Å². The van der Waals surface area contributed by atoms with Gasteiger partial charge in [0.2, 0.25) is 0 Å². The summed E-state index contributed by atoms with van der Waals surface area (Å²) in [5, 5.41) is 13.1. The predicted molar refractivity (Wildman–Crippen MR) is 67.9 cm³/mol. The van der Waals surface area contributed by atoms with Crippen molar-refractivity contribution >= 4 is 17.3 Å². The molecule has 2 N–H and O–H groups in total. The molecule has 0 aromatic carbocycles. The first-order chi connectivity index (χ1) is 8.50. The van der Waals surface area contributed by atoms with E-state index in [4.69, 9.17) is 16.1 Å². The van der Waals surface area contributed by atoms with E-state index in [0.29, 0.717) is 5.69 Å². The largest absolute Gasteiger partial charge is 0.376 e. The maximum absolute atomic E-state index is 11.3. The summed E-state index contributed by atoms with van der Waals surface area (Å²) in [6, 6.07) is -0.0858. The van der Waals surface area contributed by atoms with E-state index in [0.717, 1.165) is 17.0 Å². The van der Waals surface area contributed by atoms with Gasteiger partial charge in [0.1, 0.15) is 10.8 Å². The third-order valence-corrected chi connectivity index (χ3v) is 3.06. The van der Waals surface area contributed by atoms with Crippen LogP contribution in [0.1, 0.15) is 30.0 Å². The average molecular weight is 269 g/mol. The van der Waals surface area contributed by atoms with Crippen LogP contribution in [0, 0.1) is 13.8 Å². The molecule has 6 nitrogen and oxygen atoms in total. The lowest BCUT2D eigenvalue weighted by Crippen LogP contribution is -2.14. The van der Waals surface area contributed by atoms with E-state index in [9.17, 15) is 4.79 Å². The molecule has 0 aliphatic rings. The lowest BCUT2D eigenvalue weighted by Gasteiger charge is -2.15. The highest BCUT2D eigenvalue weighted by atomic mass is 35.5. The summed E-state index contributed by atoms with van der Waals surface area (Å²) < 4.78 is 5.10. The highest BCUT2D eigenvalue weighted by molar-refractivity contribution is 6.32. The summed E-state index contributed by atoms with van der Waals surface area (Å²) in [4.78, 5) is 11.3. The number of anilines is 1. The van der Waals surface area contributed by atoms with E-state index in [-0.39, 0.29) is 11.1 Å². The Hall–Kier alpha value is -1.82. The monoisotopic (exact) mass is 268 g/mol. The van der Waals surface area contributed by atoms with Crippen LogP contribution >= 0.6 is 11.6 Å². The molecule has 18 heavy (non-hydrogen) atoms. The van der Waals surface area contributed by atoms with Gasteiger partial charge >= 0.3 is 0 Å². The number of H-pyrrole nitrogens is 1. The minimum atomic E-state index is -0.423. The Kier molecular flexibility index (Phi) is 3.38. The second-order valence-electron chi connectivity index (χ2n) is 4.03.